The van der Waals surface area contributed by atoms with Gasteiger partial charge in [-0.3, -0.25) is 28.8 Å². The minimum Gasteiger partial charge on any atom is -0.346 e. The molecule has 0 aliphatic carbocycles. The first-order valence-corrected chi connectivity index (χ1v) is 10.6. The summed E-state index contributed by atoms with van der Waals surface area (Å²) in [5.41, 5.74) is 0. The van der Waals surface area contributed by atoms with Crippen LogP contribution < -0.4 is 16.0 Å². The maximum Gasteiger partial charge on any atom is 0.244 e. The van der Waals surface area contributed by atoms with Gasteiger partial charge in [-0.1, -0.05) is 0 Å². The van der Waals surface area contributed by atoms with E-state index in [0.717, 1.165) is 0 Å². The second kappa shape index (κ2) is 13.2. The highest BCUT2D eigenvalue weighted by Gasteiger charge is 2.32. The van der Waals surface area contributed by atoms with E-state index in [4.69, 9.17) is 0 Å². The van der Waals surface area contributed by atoms with Crippen molar-refractivity contribution in [3.63, 3.8) is 0 Å². The number of nitrogens with one attached hydrogen (secondary N) is 3. The second-order valence-corrected chi connectivity index (χ2v) is 6.98. The van der Waals surface area contributed by atoms with Crippen LogP contribution in [0.2, 0.25) is 0 Å². The van der Waals surface area contributed by atoms with Crippen molar-refractivity contribution < 1.29 is 28.8 Å². The molecule has 6 amide bonds. The van der Waals surface area contributed by atoms with E-state index in [9.17, 15) is 28.8 Å². The van der Waals surface area contributed by atoms with Crippen molar-refractivity contribution in [2.75, 3.05) is 56.9 Å². The van der Waals surface area contributed by atoms with Gasteiger partial charge < -0.3 is 30.7 Å². The summed E-state index contributed by atoms with van der Waals surface area (Å²) < 4.78 is 0. The lowest BCUT2D eigenvalue weighted by Crippen LogP contribution is -2.62. The molecule has 1 aliphatic rings. The molecule has 0 atom stereocenters. The van der Waals surface area contributed by atoms with Gasteiger partial charge in [0.1, 0.15) is 0 Å². The highest BCUT2D eigenvalue weighted by atomic mass is 32.1. The Hall–Kier alpha value is -2.13. The lowest BCUT2D eigenvalue weighted by Gasteiger charge is -2.42. The summed E-state index contributed by atoms with van der Waals surface area (Å²) in [5, 5.41) is 7.11. The van der Waals surface area contributed by atoms with E-state index < -0.39 is 35.4 Å². The van der Waals surface area contributed by atoms with Gasteiger partial charge in [-0.05, 0) is 0 Å². The van der Waals surface area contributed by atoms with Crippen LogP contribution in [0.4, 0.5) is 0 Å². The van der Waals surface area contributed by atoms with E-state index in [1.165, 1.54) is 14.7 Å². The first-order chi connectivity index (χ1) is 14.2. The number of hydrogen-bond acceptors (Lipinski definition) is 9. The smallest absolute Gasteiger partial charge is 0.244 e. The zero-order valence-corrected chi connectivity index (χ0v) is 18.7. The molecule has 0 aromatic carbocycles. The van der Waals surface area contributed by atoms with Crippen molar-refractivity contribution >= 4 is 73.3 Å². The van der Waals surface area contributed by atoms with Gasteiger partial charge in [0.05, 0.1) is 56.9 Å². The summed E-state index contributed by atoms with van der Waals surface area (Å²) in [4.78, 5) is 74.8. The van der Waals surface area contributed by atoms with Crippen molar-refractivity contribution in [2.45, 2.75) is 0 Å². The van der Waals surface area contributed by atoms with Crippen molar-refractivity contribution in [2.24, 2.45) is 0 Å². The zero-order chi connectivity index (χ0) is 22.7. The number of carbonyl (C=O) groups is 6. The molecule has 1 rings (SSSR count). The predicted octanol–water partition coefficient (Wildman–Crippen LogP) is -3.50. The van der Waals surface area contributed by atoms with Crippen LogP contribution in [0.5, 0.6) is 0 Å². The summed E-state index contributed by atoms with van der Waals surface area (Å²) in [7, 11) is 0. The minimum atomic E-state index is -0.528. The molecule has 1 heterocycles. The molecular formula is C15H24N6O6S3. The Morgan fingerprint density at radius 3 is 0.967 bits per heavy atom. The highest BCUT2D eigenvalue weighted by molar-refractivity contribution is 7.81. The molecule has 1 saturated heterocycles. The molecule has 3 N–H and O–H groups in total. The maximum atomic E-state index is 12.4. The van der Waals surface area contributed by atoms with Crippen molar-refractivity contribution in [1.29, 1.82) is 0 Å². The number of carbonyl (C=O) groups excluding carboxylic acids is 6. The Balaban J connectivity index is 2.84. The van der Waals surface area contributed by atoms with Crippen LogP contribution in [0, 0.1) is 0 Å². The lowest BCUT2D eigenvalue weighted by molar-refractivity contribution is -0.158. The molecule has 15 heteroatoms. The van der Waals surface area contributed by atoms with Crippen LogP contribution in [0.25, 0.3) is 0 Å². The van der Waals surface area contributed by atoms with Gasteiger partial charge in [0.15, 0.2) is 0 Å². The summed E-state index contributed by atoms with van der Waals surface area (Å²) in [5.74, 6) is -3.23. The second-order valence-electron chi connectivity index (χ2n) is 6.03. The summed E-state index contributed by atoms with van der Waals surface area (Å²) in [6.07, 6.45) is 0. The molecule has 1 fully saturated rings. The van der Waals surface area contributed by atoms with Gasteiger partial charge in [-0.2, -0.15) is 37.9 Å². The van der Waals surface area contributed by atoms with Crippen molar-refractivity contribution in [1.82, 2.24) is 30.7 Å². The molecule has 1 aliphatic heterocycles. The Kier molecular flexibility index (Phi) is 11.4. The van der Waals surface area contributed by atoms with Gasteiger partial charge in [0.25, 0.3) is 0 Å². The van der Waals surface area contributed by atoms with Gasteiger partial charge in [-0.25, -0.2) is 0 Å². The number of rotatable bonds is 9. The average Bonchev–Trinajstić information content (AvgIpc) is 2.77. The molecular weight excluding hydrogens is 456 g/mol. The van der Waals surface area contributed by atoms with Gasteiger partial charge in [0, 0.05) is 0 Å². The molecule has 0 radical (unpaired) electrons. The van der Waals surface area contributed by atoms with E-state index in [1.807, 2.05) is 0 Å². The lowest BCUT2D eigenvalue weighted by atomic mass is 10.3. The van der Waals surface area contributed by atoms with E-state index in [-0.39, 0.29) is 56.9 Å². The largest absolute Gasteiger partial charge is 0.346 e. The molecule has 12 nitrogen and oxygen atoms in total. The molecule has 0 aromatic rings. The molecule has 0 aromatic heterocycles. The van der Waals surface area contributed by atoms with Crippen LogP contribution in [0.1, 0.15) is 0 Å². The number of nitrogens with zero attached hydrogens (tertiary/aromatic N) is 3. The summed E-state index contributed by atoms with van der Waals surface area (Å²) in [6, 6.07) is 0. The zero-order valence-electron chi connectivity index (χ0n) is 16.0. The third-order valence-corrected chi connectivity index (χ3v) is 4.69. The van der Waals surface area contributed by atoms with Gasteiger partial charge >= 0.3 is 0 Å². The monoisotopic (exact) mass is 480 g/mol. The predicted molar refractivity (Wildman–Crippen MR) is 116 cm³/mol. The van der Waals surface area contributed by atoms with Crippen molar-refractivity contribution in [3.05, 3.63) is 0 Å². The Labute approximate surface area is 189 Å². The standard InChI is InChI=1S/C15H24N6O6S3/c22-10(4-28)16-1-13(25)19-7-20(14(26)2-17-11(23)5-29)9-21(8-19)15(27)3-18-12(24)6-30/h28-30H,1-9H2,(H,16,22)(H,17,23)(H,18,24). The average molecular weight is 481 g/mol. The van der Waals surface area contributed by atoms with Crippen LogP contribution in [0.3, 0.4) is 0 Å². The molecule has 168 valence electrons. The molecule has 0 saturated carbocycles. The summed E-state index contributed by atoms with van der Waals surface area (Å²) in [6.45, 7) is -1.43. The number of thiol groups is 3. The Morgan fingerprint density at radius 2 is 0.767 bits per heavy atom. The van der Waals surface area contributed by atoms with Gasteiger partial charge in [0.2, 0.25) is 35.4 Å². The van der Waals surface area contributed by atoms with Crippen LogP contribution in [-0.2, 0) is 28.8 Å². The normalized spacial score (nSPS) is 13.5. The Morgan fingerprint density at radius 1 is 0.533 bits per heavy atom. The van der Waals surface area contributed by atoms with Crippen LogP contribution in [0.15, 0.2) is 0 Å². The van der Waals surface area contributed by atoms with Crippen LogP contribution in [-0.4, -0.2) is 107 Å². The first-order valence-electron chi connectivity index (χ1n) is 8.67. The van der Waals surface area contributed by atoms with Crippen LogP contribution >= 0.6 is 37.9 Å². The van der Waals surface area contributed by atoms with Gasteiger partial charge in [-0.15, -0.1) is 0 Å². The SMILES string of the molecule is O=C(CS)NCC(=O)N1CN(C(=O)CNC(=O)CS)CN(C(=O)CNC(=O)CS)C1. The third-order valence-electron chi connectivity index (χ3n) is 3.82. The number of hydrogen-bond donors (Lipinski definition) is 6. The van der Waals surface area contributed by atoms with E-state index >= 15 is 0 Å². The first kappa shape index (κ1) is 25.9. The molecule has 0 unspecified atom stereocenters. The fraction of sp³-hybridized carbons (Fsp3) is 0.600. The van der Waals surface area contributed by atoms with Crippen molar-refractivity contribution in [3.8, 4) is 0 Å². The topological polar surface area (TPSA) is 148 Å². The minimum absolute atomic E-state index is 0.0990. The quantitative estimate of drug-likeness (QED) is 0.189. The van der Waals surface area contributed by atoms with E-state index in [2.05, 4.69) is 53.8 Å². The fourth-order valence-corrected chi connectivity index (χ4v) is 2.59. The third kappa shape index (κ3) is 8.71. The summed E-state index contributed by atoms with van der Waals surface area (Å²) >= 11 is 11.4. The fourth-order valence-electron chi connectivity index (χ4n) is 2.25. The van der Waals surface area contributed by atoms with E-state index in [1.54, 1.807) is 0 Å². The Bertz CT molecular complexity index is 597. The van der Waals surface area contributed by atoms with E-state index in [0.29, 0.717) is 0 Å². The molecule has 0 bridgehead atoms. The molecule has 0 spiro atoms. The molecule has 30 heavy (non-hydrogen) atoms. The maximum absolute atomic E-state index is 12.4. The number of amides is 6. The highest BCUT2D eigenvalue weighted by Crippen LogP contribution is 2.09.